The van der Waals surface area contributed by atoms with Crippen LogP contribution in [-0.4, -0.2) is 25.7 Å². The minimum atomic E-state index is -0.174. The number of rotatable bonds is 9. The van der Waals surface area contributed by atoms with E-state index < -0.39 is 0 Å². The van der Waals surface area contributed by atoms with Crippen molar-refractivity contribution < 1.29 is 14.3 Å². The van der Waals surface area contributed by atoms with Crippen LogP contribution in [0, 0.1) is 0 Å². The zero-order chi connectivity index (χ0) is 23.2. The highest BCUT2D eigenvalue weighted by Crippen LogP contribution is 2.43. The van der Waals surface area contributed by atoms with Crippen LogP contribution in [0.3, 0.4) is 0 Å². The number of benzene rings is 3. The summed E-state index contributed by atoms with van der Waals surface area (Å²) in [4.78, 5) is 13.2. The zero-order valence-electron chi connectivity index (χ0n) is 19.0. The molecule has 4 rings (SSSR count). The largest absolute Gasteiger partial charge is 0.490 e. The monoisotopic (exact) mass is 443 g/mol. The lowest BCUT2D eigenvalue weighted by Crippen LogP contribution is -2.10. The van der Waals surface area contributed by atoms with Gasteiger partial charge in [0, 0.05) is 17.3 Å². The summed E-state index contributed by atoms with van der Waals surface area (Å²) in [6.07, 6.45) is 0.824. The van der Waals surface area contributed by atoms with E-state index in [1.807, 2.05) is 80.6 Å². The van der Waals surface area contributed by atoms with Crippen molar-refractivity contribution >= 4 is 28.6 Å². The minimum Gasteiger partial charge on any atom is -0.490 e. The number of fused-ring (bicyclic) bond motifs is 1. The van der Waals surface area contributed by atoms with E-state index in [-0.39, 0.29) is 5.91 Å². The fourth-order valence-electron chi connectivity index (χ4n) is 3.91. The number of amides is 1. The summed E-state index contributed by atoms with van der Waals surface area (Å²) in [6, 6.07) is 21.7. The van der Waals surface area contributed by atoms with Gasteiger partial charge in [0.1, 0.15) is 0 Å². The van der Waals surface area contributed by atoms with Crippen molar-refractivity contribution in [1.82, 2.24) is 0 Å². The van der Waals surface area contributed by atoms with Crippen molar-refractivity contribution in [2.75, 3.05) is 30.4 Å². The molecule has 1 aliphatic rings. The maximum absolute atomic E-state index is 13.2. The summed E-state index contributed by atoms with van der Waals surface area (Å²) in [6.45, 7) is 5.46. The molecule has 6 heteroatoms. The topological polar surface area (TPSA) is 85.6 Å². The van der Waals surface area contributed by atoms with Gasteiger partial charge in [0.05, 0.1) is 30.2 Å². The molecule has 4 N–H and O–H groups in total. The van der Waals surface area contributed by atoms with Crippen molar-refractivity contribution in [3.05, 3.63) is 83.4 Å². The lowest BCUT2D eigenvalue weighted by molar-refractivity contribution is -0.110. The van der Waals surface area contributed by atoms with Crippen molar-refractivity contribution in [3.8, 4) is 11.5 Å². The average Bonchev–Trinajstić information content (AvgIpc) is 3.14. The Morgan fingerprint density at radius 1 is 0.939 bits per heavy atom. The summed E-state index contributed by atoms with van der Waals surface area (Å²) in [5.74, 6) is 1.06. The molecule has 1 aliphatic heterocycles. The predicted octanol–water partition coefficient (Wildman–Crippen LogP) is 4.92. The highest BCUT2D eigenvalue weighted by molar-refractivity contribution is 6.37. The van der Waals surface area contributed by atoms with Gasteiger partial charge in [-0.15, -0.1) is 0 Å². The smallest absolute Gasteiger partial charge is 0.258 e. The van der Waals surface area contributed by atoms with E-state index in [9.17, 15) is 4.79 Å². The van der Waals surface area contributed by atoms with E-state index in [2.05, 4.69) is 10.6 Å². The highest BCUT2D eigenvalue weighted by atomic mass is 16.5. The Hall–Kier alpha value is -3.77. The van der Waals surface area contributed by atoms with Gasteiger partial charge >= 0.3 is 0 Å². The van der Waals surface area contributed by atoms with Gasteiger partial charge < -0.3 is 25.8 Å². The van der Waals surface area contributed by atoms with Gasteiger partial charge in [0.25, 0.3) is 5.91 Å². The first-order chi connectivity index (χ1) is 16.1. The third-order valence-corrected chi connectivity index (χ3v) is 5.40. The fraction of sp³-hybridized carbons (Fsp3) is 0.222. The predicted molar refractivity (Wildman–Crippen MR) is 133 cm³/mol. The van der Waals surface area contributed by atoms with Gasteiger partial charge in [-0.3, -0.25) is 4.79 Å². The molecule has 0 spiro atoms. The Labute approximate surface area is 194 Å². The molecule has 0 fully saturated rings. The molecule has 0 aromatic heterocycles. The second kappa shape index (κ2) is 10.2. The molecular formula is C27H29N3O3. The van der Waals surface area contributed by atoms with E-state index in [1.54, 1.807) is 0 Å². The molecule has 3 aromatic carbocycles. The van der Waals surface area contributed by atoms with Crippen LogP contribution in [0.25, 0.3) is 11.3 Å². The first-order valence-electron chi connectivity index (χ1n) is 11.3. The van der Waals surface area contributed by atoms with E-state index in [1.165, 1.54) is 5.56 Å². The number of carbonyl (C=O) groups is 1. The quantitative estimate of drug-likeness (QED) is 0.409. The maximum Gasteiger partial charge on any atom is 0.258 e. The van der Waals surface area contributed by atoms with Crippen LogP contribution in [0.1, 0.15) is 30.5 Å². The molecule has 1 heterocycles. The molecule has 0 saturated heterocycles. The SMILES string of the molecule is CCOc1cc2c(cc1OCC)/C(=C(/Nc1ccc(CCN)cc1)c1ccccc1)C(=O)N2. The first-order valence-corrected chi connectivity index (χ1v) is 11.3. The number of nitrogens with two attached hydrogens (primary N) is 1. The van der Waals surface area contributed by atoms with Gasteiger partial charge in [-0.25, -0.2) is 0 Å². The lowest BCUT2D eigenvalue weighted by Gasteiger charge is -2.16. The molecule has 3 aromatic rings. The molecule has 0 unspecified atom stereocenters. The zero-order valence-corrected chi connectivity index (χ0v) is 19.0. The Morgan fingerprint density at radius 2 is 1.61 bits per heavy atom. The summed E-state index contributed by atoms with van der Waals surface area (Å²) in [5.41, 5.74) is 11.4. The third-order valence-electron chi connectivity index (χ3n) is 5.40. The number of ether oxygens (including phenoxy) is 2. The molecule has 0 radical (unpaired) electrons. The van der Waals surface area contributed by atoms with E-state index >= 15 is 0 Å². The Balaban J connectivity index is 1.84. The minimum absolute atomic E-state index is 0.174. The van der Waals surface area contributed by atoms with Crippen molar-refractivity contribution in [1.29, 1.82) is 0 Å². The fourth-order valence-corrected chi connectivity index (χ4v) is 3.91. The van der Waals surface area contributed by atoms with Crippen LogP contribution in [0.5, 0.6) is 11.5 Å². The third kappa shape index (κ3) is 4.86. The molecule has 0 saturated carbocycles. The second-order valence-corrected chi connectivity index (χ2v) is 7.64. The van der Waals surface area contributed by atoms with E-state index in [0.717, 1.165) is 28.9 Å². The summed E-state index contributed by atoms with van der Waals surface area (Å²) in [7, 11) is 0. The Bertz CT molecular complexity index is 1160. The van der Waals surface area contributed by atoms with E-state index in [4.69, 9.17) is 15.2 Å². The second-order valence-electron chi connectivity index (χ2n) is 7.64. The van der Waals surface area contributed by atoms with Gasteiger partial charge in [-0.05, 0) is 56.1 Å². The first kappa shape index (κ1) is 22.4. The molecule has 0 bridgehead atoms. The van der Waals surface area contributed by atoms with Crippen LogP contribution >= 0.6 is 0 Å². The van der Waals surface area contributed by atoms with Crippen LogP contribution < -0.4 is 25.8 Å². The van der Waals surface area contributed by atoms with Gasteiger partial charge in [0.2, 0.25) is 0 Å². The van der Waals surface area contributed by atoms with Gasteiger partial charge in [-0.1, -0.05) is 42.5 Å². The van der Waals surface area contributed by atoms with Crippen LogP contribution in [0.4, 0.5) is 11.4 Å². The van der Waals surface area contributed by atoms with Crippen LogP contribution in [-0.2, 0) is 11.2 Å². The molecule has 0 aliphatic carbocycles. The van der Waals surface area contributed by atoms with E-state index in [0.29, 0.717) is 42.5 Å². The van der Waals surface area contributed by atoms with Crippen molar-refractivity contribution in [3.63, 3.8) is 0 Å². The maximum atomic E-state index is 13.2. The number of hydrogen-bond acceptors (Lipinski definition) is 5. The number of carbonyl (C=O) groups excluding carboxylic acids is 1. The Morgan fingerprint density at radius 3 is 2.24 bits per heavy atom. The number of anilines is 2. The average molecular weight is 444 g/mol. The summed E-state index contributed by atoms with van der Waals surface area (Å²) < 4.78 is 11.6. The molecule has 33 heavy (non-hydrogen) atoms. The number of hydrogen-bond donors (Lipinski definition) is 3. The molecular weight excluding hydrogens is 414 g/mol. The summed E-state index contributed by atoms with van der Waals surface area (Å²) >= 11 is 0. The van der Waals surface area contributed by atoms with Gasteiger partial charge in [0.15, 0.2) is 11.5 Å². The lowest BCUT2D eigenvalue weighted by atomic mass is 9.99. The highest BCUT2D eigenvalue weighted by Gasteiger charge is 2.30. The molecule has 0 atom stereocenters. The van der Waals surface area contributed by atoms with Crippen molar-refractivity contribution in [2.45, 2.75) is 20.3 Å². The van der Waals surface area contributed by atoms with Crippen molar-refractivity contribution in [2.24, 2.45) is 5.73 Å². The standard InChI is InChI=1S/C27H29N3O3/c1-3-32-23-16-21-22(17-24(23)33-4-2)30-27(31)25(21)26(19-8-6-5-7-9-19)29-20-12-10-18(11-13-20)14-15-28/h5-13,16-17,29H,3-4,14-15,28H2,1-2H3,(H,30,31)/b26-25-. The summed E-state index contributed by atoms with van der Waals surface area (Å²) in [5, 5.41) is 6.48. The Kier molecular flexibility index (Phi) is 6.95. The molecule has 6 nitrogen and oxygen atoms in total. The van der Waals surface area contributed by atoms with Crippen LogP contribution in [0.2, 0.25) is 0 Å². The van der Waals surface area contributed by atoms with Crippen LogP contribution in [0.15, 0.2) is 66.7 Å². The van der Waals surface area contributed by atoms with Gasteiger partial charge in [-0.2, -0.15) is 0 Å². The molecule has 170 valence electrons. The number of nitrogens with one attached hydrogen (secondary N) is 2. The molecule has 1 amide bonds. The normalized spacial score (nSPS) is 13.8.